The molecule has 1 fully saturated rings. The van der Waals surface area contributed by atoms with Crippen LogP contribution in [0.1, 0.15) is 82.4 Å². The standard InChI is InChI=1S/C10H19NO.C5H11NO.C2H6.2H2/c1-2-10(12)11-8-9-6-4-3-5-7-9;1-3-5(7)6-4-2;1-2;;/h9H,2-8H2,1H3,(H,11,12);3-4H2,1-2H3,(H,6,7);1-2H3;2*1H. The third-order valence-corrected chi connectivity index (χ3v) is 3.33. The molecular weight excluding hydrogens is 264 g/mol. The fraction of sp³-hybridized carbons (Fsp3) is 0.882. The van der Waals surface area contributed by atoms with E-state index >= 15 is 0 Å². The first kappa shape index (κ1) is 22.2. The van der Waals surface area contributed by atoms with Crippen molar-refractivity contribution >= 4 is 11.8 Å². The van der Waals surface area contributed by atoms with Gasteiger partial charge in [0, 0.05) is 28.8 Å². The Balaban J connectivity index is -0.000000144. The summed E-state index contributed by atoms with van der Waals surface area (Å²) in [6.45, 7) is 11.3. The molecular formula is C17H40N2O2. The summed E-state index contributed by atoms with van der Waals surface area (Å²) in [6.07, 6.45) is 7.92. The number of rotatable bonds is 5. The first-order chi connectivity index (χ1) is 10.1. The maximum Gasteiger partial charge on any atom is 0.219 e. The van der Waals surface area contributed by atoms with Crippen LogP contribution in [0.4, 0.5) is 0 Å². The van der Waals surface area contributed by atoms with Crippen LogP contribution in [0.5, 0.6) is 0 Å². The summed E-state index contributed by atoms with van der Waals surface area (Å²) < 4.78 is 0. The zero-order valence-corrected chi connectivity index (χ0v) is 14.8. The summed E-state index contributed by atoms with van der Waals surface area (Å²) in [7, 11) is 0. The number of hydrogen-bond acceptors (Lipinski definition) is 2. The van der Waals surface area contributed by atoms with Gasteiger partial charge in [-0.2, -0.15) is 0 Å². The number of carbonyl (C=O) groups is 2. The van der Waals surface area contributed by atoms with Crippen LogP contribution in [-0.2, 0) is 9.59 Å². The van der Waals surface area contributed by atoms with Gasteiger partial charge in [-0.15, -0.1) is 0 Å². The van der Waals surface area contributed by atoms with Crippen LogP contribution in [0.25, 0.3) is 0 Å². The number of amides is 2. The number of carbonyl (C=O) groups excluding carboxylic acids is 2. The number of nitrogens with one attached hydrogen (secondary N) is 2. The average Bonchev–Trinajstić information content (AvgIpc) is 2.56. The zero-order valence-electron chi connectivity index (χ0n) is 14.8. The van der Waals surface area contributed by atoms with Gasteiger partial charge < -0.3 is 10.6 Å². The predicted molar refractivity (Wildman–Crippen MR) is 94.4 cm³/mol. The fourth-order valence-electron chi connectivity index (χ4n) is 2.10. The van der Waals surface area contributed by atoms with E-state index in [1.54, 1.807) is 0 Å². The second-order valence-electron chi connectivity index (χ2n) is 4.97. The van der Waals surface area contributed by atoms with Crippen LogP contribution in [-0.4, -0.2) is 24.9 Å². The van der Waals surface area contributed by atoms with Crippen molar-refractivity contribution in [2.45, 2.75) is 79.6 Å². The van der Waals surface area contributed by atoms with Crippen LogP contribution < -0.4 is 10.6 Å². The lowest BCUT2D eigenvalue weighted by molar-refractivity contribution is -0.121. The Hall–Kier alpha value is -1.06. The minimum atomic E-state index is 0. The molecule has 0 unspecified atom stereocenters. The summed E-state index contributed by atoms with van der Waals surface area (Å²) in [5.41, 5.74) is 0. The predicted octanol–water partition coefficient (Wildman–Crippen LogP) is 4.14. The second kappa shape index (κ2) is 17.0. The summed E-state index contributed by atoms with van der Waals surface area (Å²) in [6, 6.07) is 0. The zero-order chi connectivity index (χ0) is 16.5. The third-order valence-electron chi connectivity index (χ3n) is 3.33. The second-order valence-corrected chi connectivity index (χ2v) is 4.97. The van der Waals surface area contributed by atoms with Crippen LogP contribution >= 0.6 is 0 Å². The van der Waals surface area contributed by atoms with Gasteiger partial charge in [0.1, 0.15) is 0 Å². The Kier molecular flexibility index (Phi) is 18.0. The molecule has 4 heteroatoms. The molecule has 21 heavy (non-hydrogen) atoms. The maximum absolute atomic E-state index is 10.9. The molecule has 0 aromatic heterocycles. The smallest absolute Gasteiger partial charge is 0.219 e. The van der Waals surface area contributed by atoms with Gasteiger partial charge in [-0.25, -0.2) is 0 Å². The molecule has 4 nitrogen and oxygen atoms in total. The van der Waals surface area contributed by atoms with Crippen LogP contribution in [0, 0.1) is 5.92 Å². The summed E-state index contributed by atoms with van der Waals surface area (Å²) >= 11 is 0. The first-order valence-electron chi connectivity index (χ1n) is 8.67. The third kappa shape index (κ3) is 15.2. The highest BCUT2D eigenvalue weighted by atomic mass is 16.2. The van der Waals surface area contributed by atoms with E-state index in [2.05, 4.69) is 10.6 Å². The van der Waals surface area contributed by atoms with Gasteiger partial charge in [-0.05, 0) is 25.7 Å². The molecule has 0 atom stereocenters. The van der Waals surface area contributed by atoms with E-state index in [1.165, 1.54) is 32.1 Å². The lowest BCUT2D eigenvalue weighted by atomic mass is 9.89. The first-order valence-corrected chi connectivity index (χ1v) is 8.67. The van der Waals surface area contributed by atoms with Crippen molar-refractivity contribution in [2.24, 2.45) is 5.92 Å². The Morgan fingerprint density at radius 2 is 1.38 bits per heavy atom. The van der Waals surface area contributed by atoms with Gasteiger partial charge in [0.15, 0.2) is 0 Å². The van der Waals surface area contributed by atoms with Crippen molar-refractivity contribution in [1.82, 2.24) is 10.6 Å². The van der Waals surface area contributed by atoms with Crippen molar-refractivity contribution in [3.8, 4) is 0 Å². The summed E-state index contributed by atoms with van der Waals surface area (Å²) in [5, 5.41) is 5.62. The van der Waals surface area contributed by atoms with E-state index in [1.807, 2.05) is 34.6 Å². The molecule has 0 spiro atoms. The molecule has 2 N–H and O–H groups in total. The van der Waals surface area contributed by atoms with Crippen LogP contribution in [0.2, 0.25) is 0 Å². The highest BCUT2D eigenvalue weighted by Crippen LogP contribution is 2.22. The van der Waals surface area contributed by atoms with E-state index in [9.17, 15) is 9.59 Å². The van der Waals surface area contributed by atoms with Crippen molar-refractivity contribution in [2.75, 3.05) is 13.1 Å². The molecule has 0 aliphatic heterocycles. The SMILES string of the molecule is CC.CCC(=O)NCC1CCCCC1.CCNC(=O)CC.[HH].[HH]. The van der Waals surface area contributed by atoms with Crippen molar-refractivity contribution in [1.29, 1.82) is 0 Å². The highest BCUT2D eigenvalue weighted by molar-refractivity contribution is 5.75. The maximum atomic E-state index is 10.9. The van der Waals surface area contributed by atoms with Crippen molar-refractivity contribution < 1.29 is 12.4 Å². The van der Waals surface area contributed by atoms with E-state index < -0.39 is 0 Å². The lowest BCUT2D eigenvalue weighted by Gasteiger charge is -2.21. The number of hydrogen-bond donors (Lipinski definition) is 2. The van der Waals surface area contributed by atoms with E-state index in [0.29, 0.717) is 12.8 Å². The molecule has 0 heterocycles. The molecule has 1 saturated carbocycles. The average molecular weight is 305 g/mol. The lowest BCUT2D eigenvalue weighted by Crippen LogP contribution is -2.29. The highest BCUT2D eigenvalue weighted by Gasteiger charge is 2.13. The van der Waals surface area contributed by atoms with Crippen LogP contribution in [0.3, 0.4) is 0 Å². The fourth-order valence-corrected chi connectivity index (χ4v) is 2.10. The molecule has 0 radical (unpaired) electrons. The summed E-state index contributed by atoms with van der Waals surface area (Å²) in [5.74, 6) is 1.08. The molecule has 0 saturated heterocycles. The Bertz CT molecular complexity index is 259. The van der Waals surface area contributed by atoms with E-state index in [0.717, 1.165) is 19.0 Å². The van der Waals surface area contributed by atoms with Gasteiger partial charge >= 0.3 is 0 Å². The van der Waals surface area contributed by atoms with Gasteiger partial charge in [-0.3, -0.25) is 9.59 Å². The minimum absolute atomic E-state index is 0. The van der Waals surface area contributed by atoms with Crippen LogP contribution in [0.15, 0.2) is 0 Å². The molecule has 1 rings (SSSR count). The Morgan fingerprint density at radius 1 is 0.905 bits per heavy atom. The van der Waals surface area contributed by atoms with Gasteiger partial charge in [0.2, 0.25) is 11.8 Å². The summed E-state index contributed by atoms with van der Waals surface area (Å²) in [4.78, 5) is 21.2. The molecule has 0 aromatic rings. The van der Waals surface area contributed by atoms with Gasteiger partial charge in [0.25, 0.3) is 0 Å². The Labute approximate surface area is 134 Å². The van der Waals surface area contributed by atoms with E-state index in [-0.39, 0.29) is 14.7 Å². The van der Waals surface area contributed by atoms with Gasteiger partial charge in [-0.1, -0.05) is 47.0 Å². The molecule has 0 bridgehead atoms. The normalized spacial score (nSPS) is 14.0. The molecule has 0 aromatic carbocycles. The quantitative estimate of drug-likeness (QED) is 0.802. The topological polar surface area (TPSA) is 58.2 Å². The molecule has 1 aliphatic carbocycles. The molecule has 1 aliphatic rings. The monoisotopic (exact) mass is 304 g/mol. The molecule has 2 amide bonds. The van der Waals surface area contributed by atoms with E-state index in [4.69, 9.17) is 0 Å². The minimum Gasteiger partial charge on any atom is -0.356 e. The largest absolute Gasteiger partial charge is 0.356 e. The van der Waals surface area contributed by atoms with Gasteiger partial charge in [0.05, 0.1) is 0 Å². The van der Waals surface area contributed by atoms with Crippen molar-refractivity contribution in [3.63, 3.8) is 0 Å². The Morgan fingerprint density at radius 3 is 1.76 bits per heavy atom. The van der Waals surface area contributed by atoms with Crippen molar-refractivity contribution in [3.05, 3.63) is 0 Å². The molecule has 130 valence electrons.